The van der Waals surface area contributed by atoms with Crippen molar-refractivity contribution in [2.75, 3.05) is 19.6 Å². The van der Waals surface area contributed by atoms with E-state index >= 15 is 0 Å². The Morgan fingerprint density at radius 3 is 2.85 bits per heavy atom. The van der Waals surface area contributed by atoms with Crippen LogP contribution in [0.2, 0.25) is 0 Å². The smallest absolute Gasteiger partial charge is 0.339 e. The second kappa shape index (κ2) is 9.13. The summed E-state index contributed by atoms with van der Waals surface area (Å²) in [7, 11) is 0. The lowest BCUT2D eigenvalue weighted by Gasteiger charge is -2.31. The summed E-state index contributed by atoms with van der Waals surface area (Å²) in [5.41, 5.74) is 2.14. The van der Waals surface area contributed by atoms with Gasteiger partial charge < -0.3 is 9.84 Å². The highest BCUT2D eigenvalue weighted by molar-refractivity contribution is 6.08. The molecule has 1 unspecified atom stereocenters. The van der Waals surface area contributed by atoms with E-state index in [0.717, 1.165) is 37.1 Å². The van der Waals surface area contributed by atoms with E-state index in [9.17, 15) is 18.8 Å². The minimum absolute atomic E-state index is 0.0332. The van der Waals surface area contributed by atoms with Crippen molar-refractivity contribution in [2.45, 2.75) is 56.4 Å². The summed E-state index contributed by atoms with van der Waals surface area (Å²) in [6.07, 6.45) is 5.62. The van der Waals surface area contributed by atoms with E-state index < -0.39 is 17.5 Å². The lowest BCUT2D eigenvalue weighted by atomic mass is 9.82. The minimum atomic E-state index is -0.879. The monoisotopic (exact) mass is 470 g/mol. The van der Waals surface area contributed by atoms with Gasteiger partial charge in [0.25, 0.3) is 11.8 Å². The van der Waals surface area contributed by atoms with Gasteiger partial charge in [-0.05, 0) is 44.4 Å². The van der Waals surface area contributed by atoms with E-state index in [4.69, 9.17) is 4.52 Å². The number of hydrogen-bond acceptors (Lipinski definition) is 7. The zero-order chi connectivity index (χ0) is 23.7. The van der Waals surface area contributed by atoms with Gasteiger partial charge in [0, 0.05) is 12.1 Å². The van der Waals surface area contributed by atoms with Crippen molar-refractivity contribution in [3.63, 3.8) is 0 Å². The average molecular weight is 471 g/mol. The van der Waals surface area contributed by atoms with E-state index in [2.05, 4.69) is 20.9 Å². The second-order valence-corrected chi connectivity index (χ2v) is 9.29. The van der Waals surface area contributed by atoms with E-state index in [0.29, 0.717) is 43.2 Å². The zero-order valence-electron chi connectivity index (χ0n) is 18.8. The quantitative estimate of drug-likeness (QED) is 0.644. The fourth-order valence-corrected chi connectivity index (χ4v) is 5.13. The Morgan fingerprint density at radius 2 is 2.06 bits per heavy atom. The predicted molar refractivity (Wildman–Crippen MR) is 117 cm³/mol. The van der Waals surface area contributed by atoms with E-state index in [1.54, 1.807) is 12.1 Å². The van der Waals surface area contributed by atoms with Crippen LogP contribution in [0.1, 0.15) is 56.8 Å². The normalized spacial score (nSPS) is 22.7. The number of halogens is 1. The fourth-order valence-electron chi connectivity index (χ4n) is 5.13. The van der Waals surface area contributed by atoms with Gasteiger partial charge in [0.05, 0.1) is 12.5 Å². The number of nitrogens with one attached hydrogen (secondary N) is 2. The SMILES string of the molecule is O=C(CN1CCCC(c2nc(-c3cccc(F)c3)no2)C1)NN1C(=O)NC2(CCCCC2)C1=O. The van der Waals surface area contributed by atoms with Crippen LogP contribution < -0.4 is 10.7 Å². The molecule has 180 valence electrons. The highest BCUT2D eigenvalue weighted by Crippen LogP contribution is 2.33. The summed E-state index contributed by atoms with van der Waals surface area (Å²) in [6, 6.07) is 5.42. The molecule has 4 amide bonds. The fraction of sp³-hybridized carbons (Fsp3) is 0.522. The Labute approximate surface area is 195 Å². The van der Waals surface area contributed by atoms with Gasteiger partial charge in [-0.15, -0.1) is 0 Å². The lowest BCUT2D eigenvalue weighted by molar-refractivity contribution is -0.140. The zero-order valence-corrected chi connectivity index (χ0v) is 18.8. The molecule has 1 saturated carbocycles. The number of nitrogens with zero attached hydrogens (tertiary/aromatic N) is 4. The number of urea groups is 1. The number of amides is 4. The summed E-state index contributed by atoms with van der Waals surface area (Å²) < 4.78 is 18.9. The van der Waals surface area contributed by atoms with Gasteiger partial charge in [0.1, 0.15) is 11.4 Å². The summed E-state index contributed by atoms with van der Waals surface area (Å²) in [5.74, 6) is -0.491. The summed E-state index contributed by atoms with van der Waals surface area (Å²) >= 11 is 0. The second-order valence-electron chi connectivity index (χ2n) is 9.29. The molecule has 1 aromatic carbocycles. The first kappa shape index (κ1) is 22.5. The van der Waals surface area contributed by atoms with Crippen LogP contribution in [0.25, 0.3) is 11.4 Å². The summed E-state index contributed by atoms with van der Waals surface area (Å²) in [6.45, 7) is 1.24. The number of hydrazine groups is 1. The van der Waals surface area contributed by atoms with Gasteiger partial charge in [-0.2, -0.15) is 9.99 Å². The molecule has 2 N–H and O–H groups in total. The summed E-state index contributed by atoms with van der Waals surface area (Å²) in [4.78, 5) is 44.3. The topological polar surface area (TPSA) is 121 Å². The van der Waals surface area contributed by atoms with Crippen LogP contribution >= 0.6 is 0 Å². The molecule has 1 atom stereocenters. The molecule has 1 aliphatic carbocycles. The molecule has 1 spiro atoms. The third-order valence-electron chi connectivity index (χ3n) is 6.85. The van der Waals surface area contributed by atoms with Crippen LogP contribution in [0.4, 0.5) is 9.18 Å². The molecule has 34 heavy (non-hydrogen) atoms. The van der Waals surface area contributed by atoms with Crippen LogP contribution in [-0.4, -0.2) is 63.1 Å². The first-order valence-corrected chi connectivity index (χ1v) is 11.7. The van der Waals surface area contributed by atoms with E-state index in [1.165, 1.54) is 12.1 Å². The number of rotatable bonds is 5. The molecular weight excluding hydrogens is 443 g/mol. The van der Waals surface area contributed by atoms with Crippen LogP contribution in [0.15, 0.2) is 28.8 Å². The van der Waals surface area contributed by atoms with Crippen LogP contribution in [-0.2, 0) is 9.59 Å². The Bertz CT molecular complexity index is 1100. The van der Waals surface area contributed by atoms with Crippen LogP contribution in [0, 0.1) is 5.82 Å². The molecule has 5 rings (SSSR count). The van der Waals surface area contributed by atoms with Gasteiger partial charge in [0.15, 0.2) is 0 Å². The molecule has 1 aromatic heterocycles. The molecule has 2 aliphatic heterocycles. The van der Waals surface area contributed by atoms with Gasteiger partial charge in [-0.3, -0.25) is 19.9 Å². The number of likely N-dealkylation sites (tertiary alicyclic amines) is 1. The van der Waals surface area contributed by atoms with Crippen molar-refractivity contribution in [2.24, 2.45) is 0 Å². The van der Waals surface area contributed by atoms with Crippen molar-refractivity contribution in [1.82, 2.24) is 30.8 Å². The Morgan fingerprint density at radius 1 is 1.24 bits per heavy atom. The van der Waals surface area contributed by atoms with Gasteiger partial charge in [0.2, 0.25) is 11.7 Å². The van der Waals surface area contributed by atoms with Crippen molar-refractivity contribution < 1.29 is 23.3 Å². The number of benzene rings is 1. The third kappa shape index (κ3) is 4.39. The van der Waals surface area contributed by atoms with Gasteiger partial charge in [-0.1, -0.05) is 36.6 Å². The van der Waals surface area contributed by atoms with Crippen molar-refractivity contribution in [3.05, 3.63) is 36.0 Å². The van der Waals surface area contributed by atoms with Crippen molar-refractivity contribution in [3.8, 4) is 11.4 Å². The molecule has 11 heteroatoms. The molecule has 10 nitrogen and oxygen atoms in total. The predicted octanol–water partition coefficient (Wildman–Crippen LogP) is 2.34. The molecule has 2 saturated heterocycles. The Kier molecular flexibility index (Phi) is 6.03. The standard InChI is InChI=1S/C23H27FN6O4/c24-17-8-4-6-15(12-17)19-25-20(34-28-19)16-7-5-11-29(13-16)14-18(31)27-30-21(32)23(26-22(30)33)9-2-1-3-10-23/h4,6,8,12,16H,1-3,5,7,9-11,13-14H2,(H,26,33)(H,27,31). The number of carbonyl (C=O) groups is 3. The van der Waals surface area contributed by atoms with Gasteiger partial charge >= 0.3 is 6.03 Å². The molecule has 3 heterocycles. The first-order valence-electron chi connectivity index (χ1n) is 11.7. The molecule has 3 fully saturated rings. The number of carbonyl (C=O) groups excluding carboxylic acids is 3. The van der Waals surface area contributed by atoms with E-state index in [-0.39, 0.29) is 24.2 Å². The maximum absolute atomic E-state index is 13.5. The lowest BCUT2D eigenvalue weighted by Crippen LogP contribution is -2.53. The highest BCUT2D eigenvalue weighted by Gasteiger charge is 2.52. The Balaban J connectivity index is 1.19. The average Bonchev–Trinajstić information content (AvgIpc) is 3.40. The Hall–Kier alpha value is -3.34. The molecule has 3 aliphatic rings. The van der Waals surface area contributed by atoms with Crippen molar-refractivity contribution >= 4 is 17.8 Å². The van der Waals surface area contributed by atoms with Crippen LogP contribution in [0.3, 0.4) is 0 Å². The largest absolute Gasteiger partial charge is 0.344 e. The molecule has 0 radical (unpaired) electrons. The minimum Gasteiger partial charge on any atom is -0.339 e. The molecule has 0 bridgehead atoms. The maximum atomic E-state index is 13.5. The van der Waals surface area contributed by atoms with Crippen molar-refractivity contribution in [1.29, 1.82) is 0 Å². The number of hydrogen-bond donors (Lipinski definition) is 2. The molecular formula is C23H27FN6O4. The number of aromatic nitrogens is 2. The van der Waals surface area contributed by atoms with E-state index in [1.807, 2.05) is 4.90 Å². The third-order valence-corrected chi connectivity index (χ3v) is 6.85. The maximum Gasteiger partial charge on any atom is 0.344 e. The number of piperidine rings is 1. The van der Waals surface area contributed by atoms with Crippen LogP contribution in [0.5, 0.6) is 0 Å². The number of imide groups is 1. The van der Waals surface area contributed by atoms with Gasteiger partial charge in [-0.25, -0.2) is 9.18 Å². The highest BCUT2D eigenvalue weighted by atomic mass is 19.1. The summed E-state index contributed by atoms with van der Waals surface area (Å²) in [5, 5.41) is 7.59. The molecule has 2 aromatic rings. The first-order chi connectivity index (χ1) is 16.4.